The second-order valence-electron chi connectivity index (χ2n) is 7.07. The lowest BCUT2D eigenvalue weighted by atomic mass is 9.80. The van der Waals surface area contributed by atoms with Gasteiger partial charge in [-0.25, -0.2) is 4.79 Å². The predicted octanol–water partition coefficient (Wildman–Crippen LogP) is 2.19. The number of hydrogen-bond acceptors (Lipinski definition) is 3. The van der Waals surface area contributed by atoms with E-state index in [4.69, 9.17) is 4.74 Å². The summed E-state index contributed by atoms with van der Waals surface area (Å²) in [4.78, 5) is 25.4. The van der Waals surface area contributed by atoms with Crippen LogP contribution in [0, 0.1) is 12.3 Å². The molecule has 0 radical (unpaired) electrons. The van der Waals surface area contributed by atoms with E-state index in [0.29, 0.717) is 32.5 Å². The van der Waals surface area contributed by atoms with Crippen LogP contribution < -0.4 is 10.1 Å². The number of amides is 2. The van der Waals surface area contributed by atoms with Crippen LogP contribution in [0.3, 0.4) is 0 Å². The standard InChI is InChI=1S/C18H24N2O4/c1-12-4-3-5-15-14(12)10-13(11-24-15)19-17(23)20-8-6-18(2,7-9-20)16(21)22/h3-5,13H,6-11H2,1-2H3,(H,19,23)(H,21,22). The number of urea groups is 1. The van der Waals surface area contributed by atoms with Crippen LogP contribution >= 0.6 is 0 Å². The van der Waals surface area contributed by atoms with E-state index in [2.05, 4.69) is 5.32 Å². The summed E-state index contributed by atoms with van der Waals surface area (Å²) in [5.74, 6) is 0.117. The minimum atomic E-state index is -0.782. The van der Waals surface area contributed by atoms with Crippen molar-refractivity contribution in [1.82, 2.24) is 10.2 Å². The molecule has 0 aromatic heterocycles. The molecule has 1 saturated heterocycles. The van der Waals surface area contributed by atoms with E-state index >= 15 is 0 Å². The van der Waals surface area contributed by atoms with E-state index < -0.39 is 11.4 Å². The second-order valence-corrected chi connectivity index (χ2v) is 7.07. The summed E-state index contributed by atoms with van der Waals surface area (Å²) >= 11 is 0. The molecule has 2 heterocycles. The van der Waals surface area contributed by atoms with Crippen molar-refractivity contribution in [3.05, 3.63) is 29.3 Å². The number of aryl methyl sites for hydroxylation is 1. The number of nitrogens with one attached hydrogen (secondary N) is 1. The molecule has 2 aliphatic heterocycles. The lowest BCUT2D eigenvalue weighted by molar-refractivity contribution is -0.150. The van der Waals surface area contributed by atoms with Crippen molar-refractivity contribution < 1.29 is 19.4 Å². The fourth-order valence-electron chi connectivity index (χ4n) is 3.34. The summed E-state index contributed by atoms with van der Waals surface area (Å²) in [7, 11) is 0. The van der Waals surface area contributed by atoms with E-state index in [1.165, 1.54) is 5.56 Å². The molecule has 0 saturated carbocycles. The molecule has 3 rings (SSSR count). The number of benzene rings is 1. The summed E-state index contributed by atoms with van der Waals surface area (Å²) in [6, 6.07) is 5.79. The van der Waals surface area contributed by atoms with Crippen molar-refractivity contribution in [3.63, 3.8) is 0 Å². The molecule has 2 amide bonds. The maximum absolute atomic E-state index is 12.5. The number of nitrogens with zero attached hydrogens (tertiary/aromatic N) is 1. The second kappa shape index (κ2) is 6.34. The third-order valence-corrected chi connectivity index (χ3v) is 5.26. The molecule has 1 unspecified atom stereocenters. The van der Waals surface area contributed by atoms with Gasteiger partial charge in [0.2, 0.25) is 0 Å². The van der Waals surface area contributed by atoms with Crippen LogP contribution in [0.25, 0.3) is 0 Å². The highest BCUT2D eigenvalue weighted by atomic mass is 16.5. The zero-order chi connectivity index (χ0) is 17.3. The minimum absolute atomic E-state index is 0.0566. The summed E-state index contributed by atoms with van der Waals surface area (Å²) in [5, 5.41) is 12.3. The Kier molecular flexibility index (Phi) is 4.39. The van der Waals surface area contributed by atoms with E-state index in [1.807, 2.05) is 25.1 Å². The number of fused-ring (bicyclic) bond motifs is 1. The van der Waals surface area contributed by atoms with Crippen molar-refractivity contribution in [2.45, 2.75) is 39.2 Å². The molecule has 0 bridgehead atoms. The number of likely N-dealkylation sites (tertiary alicyclic amines) is 1. The Morgan fingerprint density at radius 1 is 1.33 bits per heavy atom. The molecule has 24 heavy (non-hydrogen) atoms. The SMILES string of the molecule is Cc1cccc2c1CC(NC(=O)N1CCC(C)(C(=O)O)CC1)CO2. The first kappa shape index (κ1) is 16.6. The number of ether oxygens (including phenoxy) is 1. The first-order valence-corrected chi connectivity index (χ1v) is 8.39. The molecular weight excluding hydrogens is 308 g/mol. The zero-order valence-electron chi connectivity index (χ0n) is 14.2. The normalized spacial score (nSPS) is 22.2. The molecule has 6 heteroatoms. The van der Waals surface area contributed by atoms with Gasteiger partial charge in [0, 0.05) is 13.1 Å². The molecule has 2 N–H and O–H groups in total. The third kappa shape index (κ3) is 3.18. The highest BCUT2D eigenvalue weighted by Crippen LogP contribution is 2.31. The van der Waals surface area contributed by atoms with Crippen LogP contribution in [0.1, 0.15) is 30.9 Å². The quantitative estimate of drug-likeness (QED) is 0.870. The zero-order valence-corrected chi connectivity index (χ0v) is 14.2. The number of rotatable bonds is 2. The van der Waals surface area contributed by atoms with Gasteiger partial charge in [-0.1, -0.05) is 12.1 Å². The molecule has 0 aliphatic carbocycles. The molecule has 1 fully saturated rings. The number of piperidine rings is 1. The van der Waals surface area contributed by atoms with Gasteiger partial charge in [-0.2, -0.15) is 0 Å². The maximum atomic E-state index is 12.5. The van der Waals surface area contributed by atoms with E-state index in [1.54, 1.807) is 11.8 Å². The minimum Gasteiger partial charge on any atom is -0.491 e. The molecule has 2 aliphatic rings. The fourth-order valence-corrected chi connectivity index (χ4v) is 3.34. The highest BCUT2D eigenvalue weighted by molar-refractivity contribution is 5.77. The van der Waals surface area contributed by atoms with Crippen LogP contribution in [0.5, 0.6) is 5.75 Å². The number of hydrogen-bond donors (Lipinski definition) is 2. The third-order valence-electron chi connectivity index (χ3n) is 5.26. The molecule has 1 aromatic carbocycles. The molecule has 1 aromatic rings. The van der Waals surface area contributed by atoms with Crippen LogP contribution in [-0.4, -0.2) is 47.7 Å². The topological polar surface area (TPSA) is 78.9 Å². The Morgan fingerprint density at radius 3 is 2.71 bits per heavy atom. The van der Waals surface area contributed by atoms with E-state index in [9.17, 15) is 14.7 Å². The van der Waals surface area contributed by atoms with Gasteiger partial charge in [0.05, 0.1) is 11.5 Å². The van der Waals surface area contributed by atoms with E-state index in [0.717, 1.165) is 17.7 Å². The maximum Gasteiger partial charge on any atom is 0.317 e. The van der Waals surface area contributed by atoms with Gasteiger partial charge in [0.25, 0.3) is 0 Å². The van der Waals surface area contributed by atoms with Gasteiger partial charge in [-0.15, -0.1) is 0 Å². The molecule has 1 atom stereocenters. The van der Waals surface area contributed by atoms with Crippen molar-refractivity contribution >= 4 is 12.0 Å². The van der Waals surface area contributed by atoms with E-state index in [-0.39, 0.29) is 12.1 Å². The van der Waals surface area contributed by atoms with Crippen LogP contribution in [0.2, 0.25) is 0 Å². The summed E-state index contributed by atoms with van der Waals surface area (Å²) in [5.41, 5.74) is 1.59. The molecule has 6 nitrogen and oxygen atoms in total. The lowest BCUT2D eigenvalue weighted by Crippen LogP contribution is -2.52. The molecule has 0 spiro atoms. The first-order valence-electron chi connectivity index (χ1n) is 8.39. The number of carbonyl (C=O) groups is 2. The van der Waals surface area contributed by atoms with Crippen LogP contribution in [0.4, 0.5) is 4.79 Å². The lowest BCUT2D eigenvalue weighted by Gasteiger charge is -2.37. The summed E-state index contributed by atoms with van der Waals surface area (Å²) < 4.78 is 5.76. The smallest absolute Gasteiger partial charge is 0.317 e. The Morgan fingerprint density at radius 2 is 2.04 bits per heavy atom. The first-order chi connectivity index (χ1) is 11.4. The molecule has 130 valence electrons. The monoisotopic (exact) mass is 332 g/mol. The van der Waals surface area contributed by atoms with Gasteiger partial charge in [0.15, 0.2) is 0 Å². The summed E-state index contributed by atoms with van der Waals surface area (Å²) in [6.07, 6.45) is 1.73. The van der Waals surface area contributed by atoms with Gasteiger partial charge in [0.1, 0.15) is 12.4 Å². The Labute approximate surface area is 141 Å². The predicted molar refractivity (Wildman–Crippen MR) is 89.2 cm³/mol. The number of carboxylic acids is 1. The van der Waals surface area contributed by atoms with Gasteiger partial charge < -0.3 is 20.1 Å². The number of carboxylic acid groups (broad SMARTS) is 1. The van der Waals surface area contributed by atoms with Crippen LogP contribution in [0.15, 0.2) is 18.2 Å². The number of carbonyl (C=O) groups excluding carboxylic acids is 1. The largest absolute Gasteiger partial charge is 0.491 e. The Balaban J connectivity index is 1.57. The Hall–Kier alpha value is -2.24. The van der Waals surface area contributed by atoms with Gasteiger partial charge in [-0.3, -0.25) is 4.79 Å². The Bertz CT molecular complexity index is 650. The van der Waals surface area contributed by atoms with Crippen LogP contribution in [-0.2, 0) is 11.2 Å². The van der Waals surface area contributed by atoms with Crippen molar-refractivity contribution in [2.24, 2.45) is 5.41 Å². The molecular formula is C18H24N2O4. The number of aliphatic carboxylic acids is 1. The van der Waals surface area contributed by atoms with Crippen molar-refractivity contribution in [1.29, 1.82) is 0 Å². The summed E-state index contributed by atoms with van der Waals surface area (Å²) in [6.45, 7) is 5.20. The average molecular weight is 332 g/mol. The fraction of sp³-hybridized carbons (Fsp3) is 0.556. The van der Waals surface area contributed by atoms with Crippen molar-refractivity contribution in [2.75, 3.05) is 19.7 Å². The van der Waals surface area contributed by atoms with Gasteiger partial charge >= 0.3 is 12.0 Å². The average Bonchev–Trinajstić information content (AvgIpc) is 2.56. The van der Waals surface area contributed by atoms with Crippen molar-refractivity contribution in [3.8, 4) is 5.75 Å². The van der Waals surface area contributed by atoms with Gasteiger partial charge in [-0.05, 0) is 50.3 Å². The highest BCUT2D eigenvalue weighted by Gasteiger charge is 2.38.